The lowest BCUT2D eigenvalue weighted by Crippen LogP contribution is -2.15. The smallest absolute Gasteiger partial charge is 0.254 e. The van der Waals surface area contributed by atoms with Gasteiger partial charge in [-0.1, -0.05) is 6.92 Å². The van der Waals surface area contributed by atoms with Crippen molar-refractivity contribution >= 4 is 11.7 Å². The Kier molecular flexibility index (Phi) is 2.78. The highest BCUT2D eigenvalue weighted by atomic mass is 16.1. The summed E-state index contributed by atoms with van der Waals surface area (Å²) in [6.07, 6.45) is 0.655. The van der Waals surface area contributed by atoms with E-state index in [2.05, 4.69) is 5.10 Å². The summed E-state index contributed by atoms with van der Waals surface area (Å²) in [4.78, 5) is 11.1. The molecule has 0 bridgehead atoms. The van der Waals surface area contributed by atoms with E-state index in [1.54, 1.807) is 4.68 Å². The Morgan fingerprint density at radius 3 is 2.43 bits per heavy atom. The van der Waals surface area contributed by atoms with Crippen LogP contribution in [0.5, 0.6) is 0 Å². The molecule has 5 heteroatoms. The van der Waals surface area contributed by atoms with Crippen LogP contribution in [0.3, 0.4) is 0 Å². The number of amides is 1. The molecule has 0 fully saturated rings. The molecule has 5 nitrogen and oxygen atoms in total. The molecule has 0 aliphatic rings. The largest absolute Gasteiger partial charge is 0.383 e. The number of carbonyl (C=O) groups is 1. The van der Waals surface area contributed by atoms with Crippen molar-refractivity contribution < 1.29 is 4.79 Å². The van der Waals surface area contributed by atoms with Gasteiger partial charge < -0.3 is 11.5 Å². The van der Waals surface area contributed by atoms with Crippen molar-refractivity contribution in [3.8, 4) is 0 Å². The number of nitrogens with zero attached hydrogens (tertiary/aromatic N) is 2. The molecule has 1 amide bonds. The molecular weight excluding hydrogens is 180 g/mol. The highest BCUT2D eigenvalue weighted by Crippen LogP contribution is 2.20. The minimum Gasteiger partial charge on any atom is -0.383 e. The maximum absolute atomic E-state index is 11.1. The minimum atomic E-state index is -0.508. The van der Waals surface area contributed by atoms with Crippen LogP contribution in [0.1, 0.15) is 42.9 Å². The topological polar surface area (TPSA) is 86.9 Å². The number of nitrogens with two attached hydrogens (primary N) is 2. The van der Waals surface area contributed by atoms with Gasteiger partial charge in [0.2, 0.25) is 0 Å². The number of hydrogen-bond donors (Lipinski definition) is 2. The van der Waals surface area contributed by atoms with E-state index in [-0.39, 0.29) is 6.04 Å². The summed E-state index contributed by atoms with van der Waals surface area (Å²) >= 11 is 0. The van der Waals surface area contributed by atoms with Crippen LogP contribution >= 0.6 is 0 Å². The third-order valence-corrected chi connectivity index (χ3v) is 2.09. The molecule has 0 unspecified atom stereocenters. The summed E-state index contributed by atoms with van der Waals surface area (Å²) in [5.74, 6) is -0.143. The molecule has 1 aromatic rings. The Morgan fingerprint density at radius 1 is 1.57 bits per heavy atom. The first-order valence-corrected chi connectivity index (χ1v) is 4.65. The lowest BCUT2D eigenvalue weighted by atomic mass is 10.2. The average molecular weight is 196 g/mol. The first-order valence-electron chi connectivity index (χ1n) is 4.65. The second-order valence-electron chi connectivity index (χ2n) is 3.46. The van der Waals surface area contributed by atoms with E-state index in [0.29, 0.717) is 23.5 Å². The van der Waals surface area contributed by atoms with Crippen LogP contribution in [-0.2, 0) is 6.42 Å². The van der Waals surface area contributed by atoms with Crippen LogP contribution < -0.4 is 11.5 Å². The zero-order valence-corrected chi connectivity index (χ0v) is 8.74. The number of anilines is 1. The van der Waals surface area contributed by atoms with E-state index in [9.17, 15) is 4.79 Å². The number of primary amides is 1. The highest BCUT2D eigenvalue weighted by Gasteiger charge is 2.19. The minimum absolute atomic E-state index is 0.133. The van der Waals surface area contributed by atoms with E-state index in [1.165, 1.54) is 0 Å². The van der Waals surface area contributed by atoms with Crippen molar-refractivity contribution in [1.82, 2.24) is 9.78 Å². The Labute approximate surface area is 83.1 Å². The van der Waals surface area contributed by atoms with Gasteiger partial charge in [0.25, 0.3) is 5.91 Å². The van der Waals surface area contributed by atoms with Crippen molar-refractivity contribution in [2.24, 2.45) is 5.73 Å². The van der Waals surface area contributed by atoms with E-state index < -0.39 is 5.91 Å². The third-order valence-electron chi connectivity index (χ3n) is 2.09. The molecule has 0 spiro atoms. The summed E-state index contributed by atoms with van der Waals surface area (Å²) in [7, 11) is 0. The third kappa shape index (κ3) is 1.57. The molecule has 0 atom stereocenters. The molecule has 0 saturated heterocycles. The van der Waals surface area contributed by atoms with Crippen molar-refractivity contribution in [3.05, 3.63) is 11.3 Å². The summed E-state index contributed by atoms with van der Waals surface area (Å²) in [6, 6.07) is 0.133. The number of aromatic nitrogens is 2. The lowest BCUT2D eigenvalue weighted by Gasteiger charge is -2.06. The van der Waals surface area contributed by atoms with Gasteiger partial charge in [0.05, 0.1) is 5.69 Å². The molecule has 1 heterocycles. The fourth-order valence-corrected chi connectivity index (χ4v) is 1.41. The summed E-state index contributed by atoms with van der Waals surface area (Å²) in [6.45, 7) is 5.82. The van der Waals surface area contributed by atoms with Gasteiger partial charge >= 0.3 is 0 Å². The predicted octanol–water partition coefficient (Wildman–Crippen LogP) is 0.708. The predicted molar refractivity (Wildman–Crippen MR) is 54.9 cm³/mol. The summed E-state index contributed by atoms with van der Waals surface area (Å²) < 4.78 is 1.62. The Balaban J connectivity index is 3.33. The number of carbonyl (C=O) groups excluding carboxylic acids is 1. The fourth-order valence-electron chi connectivity index (χ4n) is 1.41. The lowest BCUT2D eigenvalue weighted by molar-refractivity contribution is 0.100. The number of nitrogen functional groups attached to an aromatic ring is 1. The van der Waals surface area contributed by atoms with Crippen LogP contribution in [-0.4, -0.2) is 15.7 Å². The summed E-state index contributed by atoms with van der Waals surface area (Å²) in [5.41, 5.74) is 12.0. The highest BCUT2D eigenvalue weighted by molar-refractivity contribution is 5.98. The zero-order valence-electron chi connectivity index (χ0n) is 8.74. The van der Waals surface area contributed by atoms with Crippen LogP contribution in [0.4, 0.5) is 5.82 Å². The standard InChI is InChI=1S/C9H16N4O/c1-4-6-7(9(11)14)8(10)13(12-6)5(2)3/h5H,4,10H2,1-3H3,(H2,11,14). The molecule has 0 radical (unpaired) electrons. The molecule has 1 aromatic heterocycles. The van der Waals surface area contributed by atoms with Gasteiger partial charge in [0.1, 0.15) is 11.4 Å². The van der Waals surface area contributed by atoms with Crippen molar-refractivity contribution in [1.29, 1.82) is 0 Å². The molecule has 78 valence electrons. The van der Waals surface area contributed by atoms with Gasteiger partial charge in [-0.15, -0.1) is 0 Å². The Bertz CT molecular complexity index is 354. The molecule has 14 heavy (non-hydrogen) atoms. The number of rotatable bonds is 3. The second-order valence-corrected chi connectivity index (χ2v) is 3.46. The maximum atomic E-state index is 11.1. The van der Waals surface area contributed by atoms with E-state index in [1.807, 2.05) is 20.8 Å². The van der Waals surface area contributed by atoms with Gasteiger partial charge in [-0.25, -0.2) is 4.68 Å². The molecule has 4 N–H and O–H groups in total. The van der Waals surface area contributed by atoms with Gasteiger partial charge in [0, 0.05) is 6.04 Å². The van der Waals surface area contributed by atoms with Crippen molar-refractivity contribution in [2.45, 2.75) is 33.2 Å². The quantitative estimate of drug-likeness (QED) is 0.746. The van der Waals surface area contributed by atoms with Crippen LogP contribution in [0.15, 0.2) is 0 Å². The average Bonchev–Trinajstić information content (AvgIpc) is 2.42. The number of aryl methyl sites for hydroxylation is 1. The van der Waals surface area contributed by atoms with Gasteiger partial charge in [-0.05, 0) is 20.3 Å². The van der Waals surface area contributed by atoms with Gasteiger partial charge in [-0.3, -0.25) is 4.79 Å². The number of hydrogen-bond acceptors (Lipinski definition) is 3. The molecule has 0 aromatic carbocycles. The van der Waals surface area contributed by atoms with E-state index in [0.717, 1.165) is 0 Å². The molecule has 1 rings (SSSR count). The van der Waals surface area contributed by atoms with E-state index >= 15 is 0 Å². The first kappa shape index (κ1) is 10.6. The van der Waals surface area contributed by atoms with Gasteiger partial charge in [0.15, 0.2) is 0 Å². The van der Waals surface area contributed by atoms with Crippen LogP contribution in [0.2, 0.25) is 0 Å². The molecule has 0 saturated carbocycles. The second kappa shape index (κ2) is 3.69. The van der Waals surface area contributed by atoms with Crippen molar-refractivity contribution in [3.63, 3.8) is 0 Å². The van der Waals surface area contributed by atoms with Crippen molar-refractivity contribution in [2.75, 3.05) is 5.73 Å². The Hall–Kier alpha value is -1.52. The molecular formula is C9H16N4O. The normalized spacial score (nSPS) is 10.9. The van der Waals surface area contributed by atoms with Crippen LogP contribution in [0.25, 0.3) is 0 Å². The summed E-state index contributed by atoms with van der Waals surface area (Å²) in [5, 5.41) is 4.24. The molecule has 0 aliphatic carbocycles. The fraction of sp³-hybridized carbons (Fsp3) is 0.556. The first-order chi connectivity index (χ1) is 6.49. The van der Waals surface area contributed by atoms with Crippen LogP contribution in [0, 0.1) is 0 Å². The zero-order chi connectivity index (χ0) is 10.9. The van der Waals surface area contributed by atoms with E-state index in [4.69, 9.17) is 11.5 Å². The Morgan fingerprint density at radius 2 is 2.14 bits per heavy atom. The monoisotopic (exact) mass is 196 g/mol. The SMILES string of the molecule is CCc1nn(C(C)C)c(N)c1C(N)=O. The molecule has 0 aliphatic heterocycles. The van der Waals surface area contributed by atoms with Gasteiger partial charge in [-0.2, -0.15) is 5.10 Å². The maximum Gasteiger partial charge on any atom is 0.254 e.